The Kier molecular flexibility index (Phi) is 6.25. The molecule has 178 valence electrons. The molecule has 1 fully saturated rings. The highest BCUT2D eigenvalue weighted by Gasteiger charge is 2.31. The molecule has 0 aliphatic carbocycles. The van der Waals surface area contributed by atoms with Crippen molar-refractivity contribution in [3.63, 3.8) is 0 Å². The Hall–Kier alpha value is -2.64. The van der Waals surface area contributed by atoms with E-state index in [2.05, 4.69) is 48.0 Å². The Labute approximate surface area is 202 Å². The standard InChI is InChI=1S/C27H28F3N3S/c1-18-15-23-25(34-18)16-20-5-3-4-6-24(20)31-26(23)33-14-13-32(2)22(17-33)12-9-19-7-10-21(11-8-19)27(28,29)30/h3-8,10-11,15,22H,9,12-14,16-17H2,1-2H3/t22-/m0/s1. The van der Waals surface area contributed by atoms with E-state index in [-0.39, 0.29) is 0 Å². The molecule has 5 rings (SSSR count). The van der Waals surface area contributed by atoms with Gasteiger partial charge in [0.1, 0.15) is 5.84 Å². The van der Waals surface area contributed by atoms with Crippen LogP contribution in [0.2, 0.25) is 0 Å². The third-order valence-electron chi connectivity index (χ3n) is 6.87. The smallest absolute Gasteiger partial charge is 0.353 e. The minimum Gasteiger partial charge on any atom is -0.353 e. The number of benzene rings is 2. The molecule has 1 aromatic heterocycles. The first-order valence-corrected chi connectivity index (χ1v) is 12.5. The van der Waals surface area contributed by atoms with Crippen molar-refractivity contribution in [1.82, 2.24) is 9.80 Å². The third-order valence-corrected chi connectivity index (χ3v) is 7.92. The van der Waals surface area contributed by atoms with E-state index in [1.807, 2.05) is 17.4 Å². The summed E-state index contributed by atoms with van der Waals surface area (Å²) in [6.07, 6.45) is -1.75. The first-order valence-electron chi connectivity index (χ1n) is 11.7. The number of rotatable bonds is 3. The maximum atomic E-state index is 12.9. The lowest BCUT2D eigenvalue weighted by molar-refractivity contribution is -0.137. The van der Waals surface area contributed by atoms with Crippen LogP contribution in [0.1, 0.15) is 38.4 Å². The van der Waals surface area contributed by atoms with Crippen molar-refractivity contribution in [1.29, 1.82) is 0 Å². The number of piperazine rings is 1. The lowest BCUT2D eigenvalue weighted by Crippen LogP contribution is -2.53. The summed E-state index contributed by atoms with van der Waals surface area (Å²) in [5.41, 5.74) is 3.89. The number of fused-ring (bicyclic) bond motifs is 2. The average Bonchev–Trinajstić information content (AvgIpc) is 3.10. The largest absolute Gasteiger partial charge is 0.416 e. The molecule has 1 atom stereocenters. The number of alkyl halides is 3. The molecule has 2 aliphatic heterocycles. The van der Waals surface area contributed by atoms with Crippen molar-refractivity contribution in [2.75, 3.05) is 26.7 Å². The second kappa shape index (κ2) is 9.19. The number of likely N-dealkylation sites (N-methyl/N-ethyl adjacent to an activating group) is 1. The van der Waals surface area contributed by atoms with Gasteiger partial charge in [0.15, 0.2) is 0 Å². The molecule has 2 aliphatic rings. The Morgan fingerprint density at radius 3 is 2.59 bits per heavy atom. The van der Waals surface area contributed by atoms with Crippen LogP contribution < -0.4 is 0 Å². The molecule has 3 aromatic rings. The lowest BCUT2D eigenvalue weighted by Gasteiger charge is -2.41. The van der Waals surface area contributed by atoms with Crippen molar-refractivity contribution in [2.24, 2.45) is 4.99 Å². The van der Waals surface area contributed by atoms with Gasteiger partial charge in [-0.15, -0.1) is 11.3 Å². The summed E-state index contributed by atoms with van der Waals surface area (Å²) in [6, 6.07) is 16.5. The van der Waals surface area contributed by atoms with Crippen LogP contribution in [-0.2, 0) is 19.0 Å². The van der Waals surface area contributed by atoms with E-state index in [0.29, 0.717) is 6.04 Å². The summed E-state index contributed by atoms with van der Waals surface area (Å²) in [5.74, 6) is 1.05. The maximum absolute atomic E-state index is 12.9. The van der Waals surface area contributed by atoms with Crippen molar-refractivity contribution in [3.8, 4) is 0 Å². The van der Waals surface area contributed by atoms with Gasteiger partial charge >= 0.3 is 6.18 Å². The summed E-state index contributed by atoms with van der Waals surface area (Å²) in [7, 11) is 2.14. The molecule has 0 saturated carbocycles. The van der Waals surface area contributed by atoms with Gasteiger partial charge in [0.25, 0.3) is 0 Å². The Bertz CT molecular complexity index is 1200. The van der Waals surface area contributed by atoms with Crippen molar-refractivity contribution in [2.45, 2.75) is 38.4 Å². The normalized spacial score (nSPS) is 18.8. The second-order valence-electron chi connectivity index (χ2n) is 9.25. The van der Waals surface area contributed by atoms with Gasteiger partial charge in [0.2, 0.25) is 0 Å². The van der Waals surface area contributed by atoms with Gasteiger partial charge in [-0.05, 0) is 62.2 Å². The fraction of sp³-hybridized carbons (Fsp3) is 0.370. The summed E-state index contributed by atoms with van der Waals surface area (Å²) in [5, 5.41) is 0. The quantitative estimate of drug-likeness (QED) is 0.435. The number of aliphatic imine (C=N–C) groups is 1. The van der Waals surface area contributed by atoms with E-state index < -0.39 is 11.7 Å². The summed E-state index contributed by atoms with van der Waals surface area (Å²) >= 11 is 1.85. The van der Waals surface area contributed by atoms with E-state index in [0.717, 1.165) is 56.0 Å². The number of nitrogens with zero attached hydrogens (tertiary/aromatic N) is 3. The molecular formula is C27H28F3N3S. The molecule has 1 saturated heterocycles. The van der Waals surface area contributed by atoms with Gasteiger partial charge in [-0.2, -0.15) is 13.2 Å². The van der Waals surface area contributed by atoms with Crippen LogP contribution in [0.5, 0.6) is 0 Å². The minimum absolute atomic E-state index is 0.306. The van der Waals surface area contributed by atoms with Gasteiger partial charge in [-0.1, -0.05) is 30.3 Å². The summed E-state index contributed by atoms with van der Waals surface area (Å²) < 4.78 is 38.6. The van der Waals surface area contributed by atoms with Crippen molar-refractivity contribution in [3.05, 3.63) is 86.6 Å². The predicted octanol–water partition coefficient (Wildman–Crippen LogP) is 6.31. The molecule has 0 amide bonds. The van der Waals surface area contributed by atoms with Crippen LogP contribution in [-0.4, -0.2) is 48.4 Å². The monoisotopic (exact) mass is 483 g/mol. The van der Waals surface area contributed by atoms with Crippen LogP contribution in [0.25, 0.3) is 0 Å². The highest BCUT2D eigenvalue weighted by Crippen LogP contribution is 2.35. The number of amidine groups is 1. The molecule has 0 N–H and O–H groups in total. The highest BCUT2D eigenvalue weighted by molar-refractivity contribution is 7.12. The van der Waals surface area contributed by atoms with Crippen LogP contribution in [0.15, 0.2) is 59.6 Å². The molecule has 7 heteroatoms. The molecule has 0 radical (unpaired) electrons. The SMILES string of the molecule is Cc1cc2c(s1)Cc1ccccc1N=C2N1CCN(C)[C@@H](CCc2ccc(C(F)(F)F)cc2)C1. The summed E-state index contributed by atoms with van der Waals surface area (Å²) in [6.45, 7) is 4.84. The molecule has 3 heterocycles. The molecule has 34 heavy (non-hydrogen) atoms. The number of para-hydroxylation sites is 1. The Balaban J connectivity index is 1.35. The van der Waals surface area contributed by atoms with Gasteiger partial charge in [0.05, 0.1) is 11.3 Å². The zero-order chi connectivity index (χ0) is 23.9. The Morgan fingerprint density at radius 1 is 1.06 bits per heavy atom. The van der Waals surface area contributed by atoms with E-state index in [1.165, 1.54) is 33.0 Å². The van der Waals surface area contributed by atoms with Gasteiger partial charge in [0, 0.05) is 47.4 Å². The number of halogens is 3. The number of hydrogen-bond acceptors (Lipinski definition) is 4. The minimum atomic E-state index is -4.29. The first-order chi connectivity index (χ1) is 16.3. The van der Waals surface area contributed by atoms with Crippen LogP contribution in [0, 0.1) is 6.92 Å². The van der Waals surface area contributed by atoms with Gasteiger partial charge in [-0.3, -0.25) is 4.90 Å². The molecule has 0 unspecified atom stereocenters. The van der Waals surface area contributed by atoms with Crippen LogP contribution in [0.4, 0.5) is 18.9 Å². The average molecular weight is 484 g/mol. The van der Waals surface area contributed by atoms with E-state index >= 15 is 0 Å². The summed E-state index contributed by atoms with van der Waals surface area (Å²) in [4.78, 5) is 12.6. The second-order valence-corrected chi connectivity index (χ2v) is 10.6. The fourth-order valence-corrected chi connectivity index (χ4v) is 5.94. The van der Waals surface area contributed by atoms with Crippen molar-refractivity contribution < 1.29 is 13.2 Å². The lowest BCUT2D eigenvalue weighted by atomic mass is 10.0. The fourth-order valence-electron chi connectivity index (χ4n) is 4.88. The third kappa shape index (κ3) is 4.77. The maximum Gasteiger partial charge on any atom is 0.416 e. The van der Waals surface area contributed by atoms with E-state index in [4.69, 9.17) is 4.99 Å². The van der Waals surface area contributed by atoms with E-state index in [1.54, 1.807) is 12.1 Å². The van der Waals surface area contributed by atoms with Crippen LogP contribution in [0.3, 0.4) is 0 Å². The zero-order valence-electron chi connectivity index (χ0n) is 19.4. The van der Waals surface area contributed by atoms with Gasteiger partial charge in [-0.25, -0.2) is 4.99 Å². The highest BCUT2D eigenvalue weighted by atomic mass is 32.1. The van der Waals surface area contributed by atoms with Crippen molar-refractivity contribution >= 4 is 22.9 Å². The molecule has 0 bridgehead atoms. The first kappa shape index (κ1) is 23.1. The number of thiophene rings is 1. The topological polar surface area (TPSA) is 18.8 Å². The number of aryl methyl sites for hydroxylation is 2. The molecular weight excluding hydrogens is 455 g/mol. The molecule has 0 spiro atoms. The van der Waals surface area contributed by atoms with E-state index in [9.17, 15) is 13.2 Å². The van der Waals surface area contributed by atoms with Crippen LogP contribution >= 0.6 is 11.3 Å². The molecule has 3 nitrogen and oxygen atoms in total. The van der Waals surface area contributed by atoms with Gasteiger partial charge < -0.3 is 4.90 Å². The number of hydrogen-bond donors (Lipinski definition) is 0. The molecule has 2 aromatic carbocycles. The predicted molar refractivity (Wildman–Crippen MR) is 132 cm³/mol. The zero-order valence-corrected chi connectivity index (χ0v) is 20.2. The Morgan fingerprint density at radius 2 is 1.82 bits per heavy atom.